The Bertz CT molecular complexity index is 189. The SMILES string of the molecule is COCCCCN(C)C1(CN)CCCCCC1. The third-order valence-corrected chi connectivity index (χ3v) is 4.32. The lowest BCUT2D eigenvalue weighted by molar-refractivity contribution is 0.101. The van der Waals surface area contributed by atoms with E-state index in [0.717, 1.165) is 26.1 Å². The summed E-state index contributed by atoms with van der Waals surface area (Å²) in [5, 5.41) is 0. The number of methoxy groups -OCH3 is 1. The number of ether oxygens (including phenoxy) is 1. The van der Waals surface area contributed by atoms with Gasteiger partial charge in [-0.25, -0.2) is 0 Å². The van der Waals surface area contributed by atoms with Gasteiger partial charge in [-0.2, -0.15) is 0 Å². The maximum Gasteiger partial charge on any atom is 0.0462 e. The smallest absolute Gasteiger partial charge is 0.0462 e. The molecule has 1 fully saturated rings. The second kappa shape index (κ2) is 8.06. The van der Waals surface area contributed by atoms with Crippen LogP contribution >= 0.6 is 0 Å². The molecule has 0 amide bonds. The first kappa shape index (κ1) is 14.9. The average Bonchev–Trinajstić information content (AvgIpc) is 2.60. The van der Waals surface area contributed by atoms with Crippen LogP contribution in [0.1, 0.15) is 51.4 Å². The van der Waals surface area contributed by atoms with Crippen LogP contribution in [0.25, 0.3) is 0 Å². The van der Waals surface area contributed by atoms with E-state index in [4.69, 9.17) is 10.5 Å². The van der Waals surface area contributed by atoms with Crippen molar-refractivity contribution in [2.75, 3.05) is 33.9 Å². The van der Waals surface area contributed by atoms with Gasteiger partial charge in [0, 0.05) is 25.8 Å². The molecule has 0 aliphatic heterocycles. The molecule has 3 heteroatoms. The summed E-state index contributed by atoms with van der Waals surface area (Å²) in [6, 6.07) is 0. The summed E-state index contributed by atoms with van der Waals surface area (Å²) >= 11 is 0. The van der Waals surface area contributed by atoms with Gasteiger partial charge in [-0.1, -0.05) is 25.7 Å². The minimum absolute atomic E-state index is 0.281. The highest BCUT2D eigenvalue weighted by molar-refractivity contribution is 4.91. The van der Waals surface area contributed by atoms with Crippen molar-refractivity contribution in [3.8, 4) is 0 Å². The van der Waals surface area contributed by atoms with Gasteiger partial charge in [-0.3, -0.25) is 4.90 Å². The van der Waals surface area contributed by atoms with Crippen LogP contribution in [0.5, 0.6) is 0 Å². The predicted octanol–water partition coefficient (Wildman–Crippen LogP) is 2.40. The largest absolute Gasteiger partial charge is 0.385 e. The number of nitrogens with zero attached hydrogens (tertiary/aromatic N) is 1. The van der Waals surface area contributed by atoms with Crippen molar-refractivity contribution in [1.29, 1.82) is 0 Å². The topological polar surface area (TPSA) is 38.5 Å². The Kier molecular flexibility index (Phi) is 7.09. The molecule has 0 aromatic heterocycles. The fourth-order valence-corrected chi connectivity index (χ4v) is 2.96. The lowest BCUT2D eigenvalue weighted by atomic mass is 9.88. The molecule has 0 bridgehead atoms. The molecule has 0 atom stereocenters. The van der Waals surface area contributed by atoms with Crippen molar-refractivity contribution >= 4 is 0 Å². The fourth-order valence-electron chi connectivity index (χ4n) is 2.96. The molecule has 3 nitrogen and oxygen atoms in total. The van der Waals surface area contributed by atoms with E-state index in [1.807, 2.05) is 0 Å². The van der Waals surface area contributed by atoms with E-state index in [-0.39, 0.29) is 5.54 Å². The van der Waals surface area contributed by atoms with Crippen LogP contribution in [0.2, 0.25) is 0 Å². The summed E-state index contributed by atoms with van der Waals surface area (Å²) in [4.78, 5) is 2.52. The molecule has 1 rings (SSSR count). The number of hydrogen-bond donors (Lipinski definition) is 1. The van der Waals surface area contributed by atoms with E-state index in [1.54, 1.807) is 7.11 Å². The van der Waals surface area contributed by atoms with Gasteiger partial charge >= 0.3 is 0 Å². The van der Waals surface area contributed by atoms with Crippen molar-refractivity contribution < 1.29 is 4.74 Å². The maximum absolute atomic E-state index is 6.07. The number of rotatable bonds is 7. The minimum Gasteiger partial charge on any atom is -0.385 e. The zero-order chi connectivity index (χ0) is 12.6. The first-order valence-electron chi connectivity index (χ1n) is 7.15. The van der Waals surface area contributed by atoms with Crippen molar-refractivity contribution in [2.24, 2.45) is 5.73 Å². The van der Waals surface area contributed by atoms with Crippen LogP contribution in [-0.2, 0) is 4.74 Å². The lowest BCUT2D eigenvalue weighted by Gasteiger charge is -2.41. The summed E-state index contributed by atoms with van der Waals surface area (Å²) in [6.07, 6.45) is 10.4. The van der Waals surface area contributed by atoms with Gasteiger partial charge < -0.3 is 10.5 Å². The number of unbranched alkanes of at least 4 members (excludes halogenated alkanes) is 1. The van der Waals surface area contributed by atoms with Crippen LogP contribution < -0.4 is 5.73 Å². The zero-order valence-electron chi connectivity index (χ0n) is 11.7. The molecule has 17 heavy (non-hydrogen) atoms. The summed E-state index contributed by atoms with van der Waals surface area (Å²) in [7, 11) is 4.03. The van der Waals surface area contributed by atoms with Crippen molar-refractivity contribution in [3.05, 3.63) is 0 Å². The third-order valence-electron chi connectivity index (χ3n) is 4.32. The molecule has 1 saturated carbocycles. The highest BCUT2D eigenvalue weighted by Gasteiger charge is 2.33. The van der Waals surface area contributed by atoms with Gasteiger partial charge in [0.15, 0.2) is 0 Å². The monoisotopic (exact) mass is 242 g/mol. The van der Waals surface area contributed by atoms with Gasteiger partial charge in [0.25, 0.3) is 0 Å². The highest BCUT2D eigenvalue weighted by atomic mass is 16.5. The van der Waals surface area contributed by atoms with E-state index in [0.29, 0.717) is 0 Å². The third kappa shape index (κ3) is 4.57. The number of hydrogen-bond acceptors (Lipinski definition) is 3. The Labute approximate surface area is 107 Å². The summed E-state index contributed by atoms with van der Waals surface area (Å²) in [5.74, 6) is 0. The van der Waals surface area contributed by atoms with Gasteiger partial charge in [0.1, 0.15) is 0 Å². The van der Waals surface area contributed by atoms with Gasteiger partial charge in [0.05, 0.1) is 0 Å². The Morgan fingerprint density at radius 2 is 1.76 bits per heavy atom. The molecule has 1 aliphatic rings. The molecule has 0 radical (unpaired) electrons. The molecule has 102 valence electrons. The van der Waals surface area contributed by atoms with Crippen molar-refractivity contribution in [3.63, 3.8) is 0 Å². The van der Waals surface area contributed by atoms with E-state index >= 15 is 0 Å². The van der Waals surface area contributed by atoms with E-state index in [2.05, 4.69) is 11.9 Å². The predicted molar refractivity (Wildman–Crippen MR) is 73.2 cm³/mol. The highest BCUT2D eigenvalue weighted by Crippen LogP contribution is 2.31. The summed E-state index contributed by atoms with van der Waals surface area (Å²) in [6.45, 7) is 2.85. The first-order chi connectivity index (χ1) is 8.25. The Hall–Kier alpha value is -0.120. The molecule has 0 unspecified atom stereocenters. The quantitative estimate of drug-likeness (QED) is 0.550. The van der Waals surface area contributed by atoms with Gasteiger partial charge in [-0.15, -0.1) is 0 Å². The molecule has 2 N–H and O–H groups in total. The second-order valence-corrected chi connectivity index (χ2v) is 5.46. The molecule has 0 spiro atoms. The minimum atomic E-state index is 0.281. The number of nitrogens with two attached hydrogens (primary N) is 1. The van der Waals surface area contributed by atoms with Crippen LogP contribution in [-0.4, -0.2) is 44.3 Å². The van der Waals surface area contributed by atoms with Gasteiger partial charge in [-0.05, 0) is 39.3 Å². The normalized spacial score (nSPS) is 20.5. The maximum atomic E-state index is 6.07. The van der Waals surface area contributed by atoms with E-state index < -0.39 is 0 Å². The van der Waals surface area contributed by atoms with Crippen molar-refractivity contribution in [2.45, 2.75) is 56.9 Å². The summed E-state index contributed by atoms with van der Waals surface area (Å²) in [5.41, 5.74) is 6.35. The van der Waals surface area contributed by atoms with Crippen LogP contribution in [0.4, 0.5) is 0 Å². The fraction of sp³-hybridized carbons (Fsp3) is 1.00. The molecule has 0 aromatic rings. The standard InChI is InChI=1S/C14H30N2O/c1-16(11-7-8-12-17-2)14(13-15)9-5-3-4-6-10-14/h3-13,15H2,1-2H3. The van der Waals surface area contributed by atoms with Crippen LogP contribution in [0, 0.1) is 0 Å². The van der Waals surface area contributed by atoms with Gasteiger partial charge in [0.2, 0.25) is 0 Å². The zero-order valence-corrected chi connectivity index (χ0v) is 11.7. The molecular weight excluding hydrogens is 212 g/mol. The van der Waals surface area contributed by atoms with Crippen LogP contribution in [0.3, 0.4) is 0 Å². The second-order valence-electron chi connectivity index (χ2n) is 5.46. The molecule has 0 heterocycles. The first-order valence-corrected chi connectivity index (χ1v) is 7.15. The van der Waals surface area contributed by atoms with E-state index in [1.165, 1.54) is 44.9 Å². The Morgan fingerprint density at radius 1 is 1.12 bits per heavy atom. The molecular formula is C14H30N2O. The Balaban J connectivity index is 2.40. The van der Waals surface area contributed by atoms with Crippen LogP contribution in [0.15, 0.2) is 0 Å². The van der Waals surface area contributed by atoms with Crippen molar-refractivity contribution in [1.82, 2.24) is 4.90 Å². The Morgan fingerprint density at radius 3 is 2.29 bits per heavy atom. The molecule has 0 aromatic carbocycles. The summed E-state index contributed by atoms with van der Waals surface area (Å²) < 4.78 is 5.10. The van der Waals surface area contributed by atoms with E-state index in [9.17, 15) is 0 Å². The number of likely N-dealkylation sites (N-methyl/N-ethyl adjacent to an activating group) is 1. The average molecular weight is 242 g/mol. The lowest BCUT2D eigenvalue weighted by Crippen LogP contribution is -2.52. The molecule has 1 aliphatic carbocycles. The molecule has 0 saturated heterocycles.